The third kappa shape index (κ3) is 1.98. The standard InChI is InChI=1S/C10H6N2O5/c13-10(14)8-5-11-17-9(8)6-1-3-7(4-2-6)12(15)16/h1-5H,(H,13,14). The van der Waals surface area contributed by atoms with Crippen molar-refractivity contribution in [2.24, 2.45) is 0 Å². The van der Waals surface area contributed by atoms with Crippen molar-refractivity contribution in [1.29, 1.82) is 0 Å². The molecule has 1 aromatic carbocycles. The molecule has 7 heteroatoms. The van der Waals surface area contributed by atoms with E-state index < -0.39 is 10.9 Å². The van der Waals surface area contributed by atoms with Crippen LogP contribution in [0.4, 0.5) is 5.69 Å². The van der Waals surface area contributed by atoms with Gasteiger partial charge in [-0.15, -0.1) is 0 Å². The van der Waals surface area contributed by atoms with Crippen LogP contribution in [0.1, 0.15) is 10.4 Å². The van der Waals surface area contributed by atoms with Crippen LogP contribution in [0.3, 0.4) is 0 Å². The Bertz CT molecular complexity index is 573. The summed E-state index contributed by atoms with van der Waals surface area (Å²) in [5.41, 5.74) is 0.259. The molecule has 0 saturated heterocycles. The number of nitrogens with zero attached hydrogens (tertiary/aromatic N) is 2. The topological polar surface area (TPSA) is 106 Å². The van der Waals surface area contributed by atoms with E-state index in [1.54, 1.807) is 0 Å². The average Bonchev–Trinajstić information content (AvgIpc) is 2.78. The van der Waals surface area contributed by atoms with Gasteiger partial charge in [-0.3, -0.25) is 10.1 Å². The van der Waals surface area contributed by atoms with Crippen molar-refractivity contribution in [3.8, 4) is 11.3 Å². The summed E-state index contributed by atoms with van der Waals surface area (Å²) in [6, 6.07) is 5.35. The fraction of sp³-hybridized carbons (Fsp3) is 0. The van der Waals surface area contributed by atoms with Gasteiger partial charge in [0.15, 0.2) is 5.76 Å². The lowest BCUT2D eigenvalue weighted by atomic mass is 10.1. The number of aromatic carboxylic acids is 1. The zero-order valence-corrected chi connectivity index (χ0v) is 8.36. The summed E-state index contributed by atoms with van der Waals surface area (Å²) >= 11 is 0. The van der Waals surface area contributed by atoms with Gasteiger partial charge in [0.2, 0.25) is 0 Å². The summed E-state index contributed by atoms with van der Waals surface area (Å²) in [6.45, 7) is 0. The van der Waals surface area contributed by atoms with Crippen molar-refractivity contribution >= 4 is 11.7 Å². The number of carboxylic acid groups (broad SMARTS) is 1. The molecule has 0 spiro atoms. The highest BCUT2D eigenvalue weighted by molar-refractivity contribution is 5.93. The fourth-order valence-corrected chi connectivity index (χ4v) is 1.33. The molecule has 0 aliphatic heterocycles. The summed E-state index contributed by atoms with van der Waals surface area (Å²) < 4.78 is 4.81. The smallest absolute Gasteiger partial charge is 0.341 e. The van der Waals surface area contributed by atoms with Crippen LogP contribution in [0, 0.1) is 10.1 Å². The van der Waals surface area contributed by atoms with Crippen LogP contribution >= 0.6 is 0 Å². The Morgan fingerprint density at radius 3 is 2.53 bits per heavy atom. The average molecular weight is 234 g/mol. The molecule has 1 aromatic heterocycles. The van der Waals surface area contributed by atoms with E-state index in [4.69, 9.17) is 9.63 Å². The maximum Gasteiger partial charge on any atom is 0.341 e. The van der Waals surface area contributed by atoms with Crippen LogP contribution in [0.25, 0.3) is 11.3 Å². The van der Waals surface area contributed by atoms with Gasteiger partial charge in [-0.1, -0.05) is 5.16 Å². The highest BCUT2D eigenvalue weighted by Crippen LogP contribution is 2.25. The third-order valence-corrected chi connectivity index (χ3v) is 2.14. The first kappa shape index (κ1) is 10.8. The van der Waals surface area contributed by atoms with Crippen LogP contribution < -0.4 is 0 Å². The van der Waals surface area contributed by atoms with Crippen LogP contribution in [0.5, 0.6) is 0 Å². The minimum Gasteiger partial charge on any atom is -0.477 e. The molecule has 0 atom stereocenters. The quantitative estimate of drug-likeness (QED) is 0.642. The van der Waals surface area contributed by atoms with Gasteiger partial charge in [-0.05, 0) is 12.1 Å². The lowest BCUT2D eigenvalue weighted by Gasteiger charge is -1.97. The molecule has 0 unspecified atom stereocenters. The van der Waals surface area contributed by atoms with Crippen LogP contribution in [0.15, 0.2) is 35.0 Å². The molecule has 1 N–H and O–H groups in total. The maximum atomic E-state index is 10.8. The molecule has 0 fully saturated rings. The zero-order valence-electron chi connectivity index (χ0n) is 8.36. The fourth-order valence-electron chi connectivity index (χ4n) is 1.33. The first-order valence-electron chi connectivity index (χ1n) is 4.52. The molecule has 7 nitrogen and oxygen atoms in total. The Morgan fingerprint density at radius 1 is 1.35 bits per heavy atom. The highest BCUT2D eigenvalue weighted by atomic mass is 16.6. The number of carboxylic acids is 1. The van der Waals surface area contributed by atoms with Gasteiger partial charge in [0, 0.05) is 17.7 Å². The van der Waals surface area contributed by atoms with E-state index in [1.165, 1.54) is 24.3 Å². The van der Waals surface area contributed by atoms with Gasteiger partial charge in [0.1, 0.15) is 5.56 Å². The Kier molecular flexibility index (Phi) is 2.57. The lowest BCUT2D eigenvalue weighted by Crippen LogP contribution is -1.96. The Hall–Kier alpha value is -2.70. The first-order chi connectivity index (χ1) is 8.09. The molecule has 0 amide bonds. The molecule has 86 valence electrons. The number of non-ortho nitro benzene ring substituents is 1. The molecule has 0 aliphatic rings. The number of carbonyl (C=O) groups is 1. The van der Waals surface area contributed by atoms with Crippen molar-refractivity contribution in [1.82, 2.24) is 5.16 Å². The SMILES string of the molecule is O=C(O)c1cnoc1-c1ccc([N+](=O)[O-])cc1. The van der Waals surface area contributed by atoms with Crippen molar-refractivity contribution < 1.29 is 19.3 Å². The van der Waals surface area contributed by atoms with Crippen LogP contribution in [-0.4, -0.2) is 21.2 Å². The van der Waals surface area contributed by atoms with E-state index in [1.807, 2.05) is 0 Å². The summed E-state index contributed by atoms with van der Waals surface area (Å²) in [4.78, 5) is 20.7. The summed E-state index contributed by atoms with van der Waals surface area (Å²) in [6.07, 6.45) is 1.08. The van der Waals surface area contributed by atoms with Crippen molar-refractivity contribution in [3.63, 3.8) is 0 Å². The Labute approximate surface area is 94.4 Å². The summed E-state index contributed by atoms with van der Waals surface area (Å²) in [5, 5.41) is 22.7. The van der Waals surface area contributed by atoms with Crippen molar-refractivity contribution in [3.05, 3.63) is 46.1 Å². The maximum absolute atomic E-state index is 10.8. The molecule has 0 bridgehead atoms. The molecule has 0 radical (unpaired) electrons. The van der Waals surface area contributed by atoms with Crippen molar-refractivity contribution in [2.75, 3.05) is 0 Å². The zero-order chi connectivity index (χ0) is 12.4. The summed E-state index contributed by atoms with van der Waals surface area (Å²) in [7, 11) is 0. The van der Waals surface area contributed by atoms with E-state index >= 15 is 0 Å². The second-order valence-electron chi connectivity index (χ2n) is 3.18. The van der Waals surface area contributed by atoms with Crippen LogP contribution in [0.2, 0.25) is 0 Å². The number of nitro groups is 1. The van der Waals surface area contributed by atoms with E-state index in [-0.39, 0.29) is 17.0 Å². The monoisotopic (exact) mass is 234 g/mol. The van der Waals surface area contributed by atoms with Gasteiger partial charge in [0.25, 0.3) is 5.69 Å². The van der Waals surface area contributed by atoms with E-state index in [0.29, 0.717) is 5.56 Å². The molecule has 17 heavy (non-hydrogen) atoms. The second-order valence-corrected chi connectivity index (χ2v) is 3.18. The van der Waals surface area contributed by atoms with E-state index in [2.05, 4.69) is 5.16 Å². The summed E-state index contributed by atoms with van der Waals surface area (Å²) in [5.74, 6) is -1.09. The van der Waals surface area contributed by atoms with Crippen molar-refractivity contribution in [2.45, 2.75) is 0 Å². The molecular formula is C10H6N2O5. The molecule has 1 heterocycles. The molecule has 2 aromatic rings. The lowest BCUT2D eigenvalue weighted by molar-refractivity contribution is -0.384. The minimum absolute atomic E-state index is 0.0763. The number of nitro benzene ring substituents is 1. The number of aromatic nitrogens is 1. The van der Waals surface area contributed by atoms with Gasteiger partial charge in [0.05, 0.1) is 11.1 Å². The highest BCUT2D eigenvalue weighted by Gasteiger charge is 2.17. The number of rotatable bonds is 3. The molecule has 2 rings (SSSR count). The predicted octanol–water partition coefficient (Wildman–Crippen LogP) is 1.95. The number of hydrogen-bond donors (Lipinski definition) is 1. The Balaban J connectivity index is 2.43. The van der Waals surface area contributed by atoms with Gasteiger partial charge >= 0.3 is 5.97 Å². The second kappa shape index (κ2) is 4.05. The minimum atomic E-state index is -1.17. The normalized spacial score (nSPS) is 10.1. The third-order valence-electron chi connectivity index (χ3n) is 2.14. The van der Waals surface area contributed by atoms with Gasteiger partial charge in [-0.2, -0.15) is 0 Å². The largest absolute Gasteiger partial charge is 0.477 e. The first-order valence-corrected chi connectivity index (χ1v) is 4.52. The van der Waals surface area contributed by atoms with Crippen LogP contribution in [-0.2, 0) is 0 Å². The van der Waals surface area contributed by atoms with Gasteiger partial charge in [-0.25, -0.2) is 4.79 Å². The van der Waals surface area contributed by atoms with Gasteiger partial charge < -0.3 is 9.63 Å². The van der Waals surface area contributed by atoms with E-state index in [0.717, 1.165) is 6.20 Å². The number of hydrogen-bond acceptors (Lipinski definition) is 5. The number of benzene rings is 1. The Morgan fingerprint density at radius 2 is 2.00 bits per heavy atom. The predicted molar refractivity (Wildman–Crippen MR) is 55.6 cm³/mol. The molecular weight excluding hydrogens is 228 g/mol. The molecule has 0 saturated carbocycles. The molecule has 0 aliphatic carbocycles. The van der Waals surface area contributed by atoms with E-state index in [9.17, 15) is 14.9 Å².